The number of halogens is 4. The Hall–Kier alpha value is -4.28. The first-order valence-corrected chi connectivity index (χ1v) is 9.30. The number of carbonyl (C=O) groups is 3. The van der Waals surface area contributed by atoms with Crippen LogP contribution in [0.4, 0.5) is 28.0 Å². The van der Waals surface area contributed by atoms with Gasteiger partial charge in [-0.2, -0.15) is 0 Å². The maximum Gasteiger partial charge on any atom is 0.573 e. The molecule has 170 valence electrons. The van der Waals surface area contributed by atoms with E-state index in [2.05, 4.69) is 20.4 Å². The summed E-state index contributed by atoms with van der Waals surface area (Å²) in [4.78, 5) is 40.6. The highest BCUT2D eigenvalue weighted by Gasteiger charge is 2.32. The van der Waals surface area contributed by atoms with Crippen molar-refractivity contribution in [2.24, 2.45) is 0 Å². The van der Waals surface area contributed by atoms with Gasteiger partial charge in [-0.15, -0.1) is 13.2 Å². The van der Waals surface area contributed by atoms with Crippen LogP contribution in [0.15, 0.2) is 67.0 Å². The van der Waals surface area contributed by atoms with Crippen molar-refractivity contribution in [1.29, 1.82) is 0 Å². The van der Waals surface area contributed by atoms with Gasteiger partial charge in [0.1, 0.15) is 0 Å². The van der Waals surface area contributed by atoms with Crippen molar-refractivity contribution in [2.75, 3.05) is 5.32 Å². The lowest BCUT2D eigenvalue weighted by atomic mass is 10.0. The molecule has 0 aliphatic heterocycles. The van der Waals surface area contributed by atoms with Crippen LogP contribution in [0.2, 0.25) is 0 Å². The van der Waals surface area contributed by atoms with Gasteiger partial charge in [0, 0.05) is 35.8 Å². The van der Waals surface area contributed by atoms with E-state index in [1.807, 2.05) is 0 Å². The van der Waals surface area contributed by atoms with E-state index < -0.39 is 41.1 Å². The van der Waals surface area contributed by atoms with E-state index >= 15 is 0 Å². The number of hydrogen-bond acceptors (Lipinski definition) is 5. The summed E-state index contributed by atoms with van der Waals surface area (Å²) in [5.41, 5.74) is 0.630. The number of Topliss-reactive ketones (excluding diaryl/α,β-unsaturated/α-hetero) is 2. The predicted octanol–water partition coefficient (Wildman–Crippen LogP) is 4.51. The second kappa shape index (κ2) is 9.90. The van der Waals surface area contributed by atoms with Crippen molar-refractivity contribution in [1.82, 2.24) is 10.3 Å². The maximum absolute atomic E-state index is 13.8. The zero-order valence-corrected chi connectivity index (χ0v) is 16.7. The molecule has 0 unspecified atom stereocenters. The van der Waals surface area contributed by atoms with Crippen LogP contribution in [0.5, 0.6) is 5.75 Å². The van der Waals surface area contributed by atoms with Gasteiger partial charge in [0.2, 0.25) is 11.6 Å². The first kappa shape index (κ1) is 23.4. The number of ether oxygens (including phenoxy) is 1. The minimum absolute atomic E-state index is 0.0580. The zero-order valence-electron chi connectivity index (χ0n) is 16.7. The largest absolute Gasteiger partial charge is 0.573 e. The number of nitrogens with one attached hydrogen (secondary N) is 2. The highest BCUT2D eigenvalue weighted by molar-refractivity contribution is 6.49. The van der Waals surface area contributed by atoms with Crippen molar-refractivity contribution >= 4 is 23.3 Å². The summed E-state index contributed by atoms with van der Waals surface area (Å²) in [5.74, 6) is -4.69. The average Bonchev–Trinajstić information content (AvgIpc) is 2.78. The topological polar surface area (TPSA) is 97.4 Å². The highest BCUT2D eigenvalue weighted by atomic mass is 19.4. The lowest BCUT2D eigenvalue weighted by Crippen LogP contribution is -2.28. The molecule has 7 nitrogen and oxygen atoms in total. The van der Waals surface area contributed by atoms with Gasteiger partial charge in [0.25, 0.3) is 0 Å². The van der Waals surface area contributed by atoms with E-state index in [9.17, 15) is 31.9 Å². The lowest BCUT2D eigenvalue weighted by molar-refractivity contribution is -0.275. The number of alkyl halides is 3. The second-order valence-electron chi connectivity index (χ2n) is 6.60. The van der Waals surface area contributed by atoms with Crippen LogP contribution in [0.1, 0.15) is 26.3 Å². The SMILES string of the molecule is O=C(NCc1cccnc1)Nc1ccc(C(=O)C(=O)c2ccc(OC(F)(F)F)c(F)c2)cc1. The fourth-order valence-electron chi connectivity index (χ4n) is 2.68. The van der Waals surface area contributed by atoms with Crippen LogP contribution in [-0.4, -0.2) is 28.9 Å². The molecule has 0 saturated heterocycles. The van der Waals surface area contributed by atoms with E-state index in [-0.39, 0.29) is 12.1 Å². The number of nitrogens with zero attached hydrogens (tertiary/aromatic N) is 1. The molecule has 2 N–H and O–H groups in total. The summed E-state index contributed by atoms with van der Waals surface area (Å²) >= 11 is 0. The third kappa shape index (κ3) is 6.60. The van der Waals surface area contributed by atoms with Crippen LogP contribution < -0.4 is 15.4 Å². The van der Waals surface area contributed by atoms with Crippen LogP contribution in [0.3, 0.4) is 0 Å². The number of hydrogen-bond donors (Lipinski definition) is 2. The molecule has 1 aromatic heterocycles. The Morgan fingerprint density at radius 3 is 2.21 bits per heavy atom. The summed E-state index contributed by atoms with van der Waals surface area (Å²) in [6, 6.07) is 10.3. The fourth-order valence-corrected chi connectivity index (χ4v) is 2.68. The maximum atomic E-state index is 13.8. The number of aromatic nitrogens is 1. The molecule has 0 radical (unpaired) electrons. The summed E-state index contributed by atoms with van der Waals surface area (Å²) < 4.78 is 54.0. The first-order valence-electron chi connectivity index (χ1n) is 9.30. The van der Waals surface area contributed by atoms with Crippen molar-refractivity contribution < 1.29 is 36.7 Å². The summed E-state index contributed by atoms with van der Waals surface area (Å²) in [5, 5.41) is 5.17. The van der Waals surface area contributed by atoms with Gasteiger partial charge < -0.3 is 15.4 Å². The van der Waals surface area contributed by atoms with Gasteiger partial charge >= 0.3 is 12.4 Å². The Labute approximate surface area is 184 Å². The van der Waals surface area contributed by atoms with Crippen molar-refractivity contribution in [3.8, 4) is 5.75 Å². The molecule has 0 atom stereocenters. The summed E-state index contributed by atoms with van der Waals surface area (Å²) in [7, 11) is 0. The lowest BCUT2D eigenvalue weighted by Gasteiger charge is -2.10. The number of urea groups is 1. The van der Waals surface area contributed by atoms with Crippen molar-refractivity contribution in [2.45, 2.75) is 12.9 Å². The normalized spacial score (nSPS) is 10.9. The van der Waals surface area contributed by atoms with Crippen LogP contribution in [0, 0.1) is 5.82 Å². The van der Waals surface area contributed by atoms with Gasteiger partial charge in [-0.25, -0.2) is 9.18 Å². The molecule has 2 amide bonds. The number of carbonyl (C=O) groups excluding carboxylic acids is 3. The van der Waals surface area contributed by atoms with Crippen molar-refractivity contribution in [3.63, 3.8) is 0 Å². The Kier molecular flexibility index (Phi) is 7.01. The summed E-state index contributed by atoms with van der Waals surface area (Å²) in [6.07, 6.45) is -1.90. The Bertz CT molecular complexity index is 1170. The Morgan fingerprint density at radius 2 is 1.61 bits per heavy atom. The Balaban J connectivity index is 1.60. The molecule has 0 fully saturated rings. The van der Waals surface area contributed by atoms with Crippen LogP contribution in [0.25, 0.3) is 0 Å². The third-order valence-electron chi connectivity index (χ3n) is 4.21. The predicted molar refractivity (Wildman–Crippen MR) is 108 cm³/mol. The van der Waals surface area contributed by atoms with E-state index in [1.54, 1.807) is 24.5 Å². The second-order valence-corrected chi connectivity index (χ2v) is 6.60. The van der Waals surface area contributed by atoms with Gasteiger partial charge in [-0.3, -0.25) is 14.6 Å². The number of benzene rings is 2. The smallest absolute Gasteiger partial charge is 0.403 e. The van der Waals surface area contributed by atoms with Crippen LogP contribution in [-0.2, 0) is 6.54 Å². The average molecular weight is 461 g/mol. The van der Waals surface area contributed by atoms with Gasteiger partial charge in [0.05, 0.1) is 0 Å². The zero-order chi connectivity index (χ0) is 24.0. The van der Waals surface area contributed by atoms with Crippen LogP contribution >= 0.6 is 0 Å². The standard InChI is InChI=1S/C22H15F4N3O4/c23-17-10-15(5-8-18(17)33-22(24,25)26)20(31)19(30)14-3-6-16(7-4-14)29-21(32)28-12-13-2-1-9-27-11-13/h1-11H,12H2,(H2,28,29,32). The summed E-state index contributed by atoms with van der Waals surface area (Å²) in [6.45, 7) is 0.244. The van der Waals surface area contributed by atoms with Gasteiger partial charge in [-0.1, -0.05) is 6.07 Å². The van der Waals surface area contributed by atoms with Crippen molar-refractivity contribution in [3.05, 3.63) is 89.5 Å². The number of pyridine rings is 1. The van der Waals surface area contributed by atoms with Gasteiger partial charge in [-0.05, 0) is 54.1 Å². The molecule has 0 spiro atoms. The Morgan fingerprint density at radius 1 is 0.939 bits per heavy atom. The number of ketones is 2. The molecule has 2 aromatic carbocycles. The minimum Gasteiger partial charge on any atom is -0.403 e. The molecular weight excluding hydrogens is 446 g/mol. The number of anilines is 1. The molecule has 0 aliphatic rings. The highest BCUT2D eigenvalue weighted by Crippen LogP contribution is 2.26. The molecule has 11 heteroatoms. The monoisotopic (exact) mass is 461 g/mol. The molecule has 0 aliphatic carbocycles. The molecule has 1 heterocycles. The molecule has 33 heavy (non-hydrogen) atoms. The quantitative estimate of drug-likeness (QED) is 0.307. The van der Waals surface area contributed by atoms with Gasteiger partial charge in [0.15, 0.2) is 11.6 Å². The van der Waals surface area contributed by atoms with E-state index in [4.69, 9.17) is 0 Å². The fraction of sp³-hybridized carbons (Fsp3) is 0.0909. The van der Waals surface area contributed by atoms with E-state index in [0.717, 1.165) is 11.6 Å². The van der Waals surface area contributed by atoms with E-state index in [1.165, 1.54) is 24.3 Å². The molecule has 0 bridgehead atoms. The third-order valence-corrected chi connectivity index (χ3v) is 4.21. The molecule has 3 aromatic rings. The first-order chi connectivity index (χ1) is 15.6. The molecule has 0 saturated carbocycles. The number of rotatable bonds is 7. The van der Waals surface area contributed by atoms with E-state index in [0.29, 0.717) is 17.8 Å². The number of amides is 2. The molecular formula is C22H15F4N3O4. The molecule has 3 rings (SSSR count). The minimum atomic E-state index is -5.10.